The molecular weight excluding hydrogens is 344 g/mol. The largest absolute Gasteiger partial charge is 0.481 e. The number of rotatable bonds is 5. The number of nitrogens with zero attached hydrogens (tertiary/aromatic N) is 2. The second-order valence-corrected chi connectivity index (χ2v) is 7.57. The highest BCUT2D eigenvalue weighted by atomic mass is 35.5. The van der Waals surface area contributed by atoms with E-state index in [9.17, 15) is 19.8 Å². The molecule has 5 N–H and O–H groups in total. The molecule has 128 valence electrons. The van der Waals surface area contributed by atoms with Crippen LogP contribution in [0.4, 0.5) is 0 Å². The number of nitrogens with one attached hydrogen (secondary N) is 1. The monoisotopic (exact) mass is 362 g/mol. The van der Waals surface area contributed by atoms with Gasteiger partial charge in [-0.2, -0.15) is 0 Å². The van der Waals surface area contributed by atoms with Gasteiger partial charge in [0.05, 0.1) is 5.92 Å². The maximum Gasteiger partial charge on any atom is 0.324 e. The van der Waals surface area contributed by atoms with Gasteiger partial charge in [-0.05, 0) is 12.3 Å². The number of aromatic nitrogens is 3. The number of aromatic amines is 1. The van der Waals surface area contributed by atoms with Gasteiger partial charge in [0.15, 0.2) is 5.16 Å². The third-order valence-electron chi connectivity index (χ3n) is 4.62. The lowest BCUT2D eigenvalue weighted by atomic mass is 9.91. The summed E-state index contributed by atoms with van der Waals surface area (Å²) in [5, 5.41) is 27.1. The van der Waals surface area contributed by atoms with Crippen LogP contribution in [0.1, 0.15) is 32.0 Å². The summed E-state index contributed by atoms with van der Waals surface area (Å²) in [4.78, 5) is 25.8. The number of H-pyrrole nitrogens is 1. The van der Waals surface area contributed by atoms with Gasteiger partial charge in [0.1, 0.15) is 11.4 Å². The number of carboxylic acids is 2. The molecule has 0 aliphatic heterocycles. The molecule has 10 heteroatoms. The van der Waals surface area contributed by atoms with E-state index in [2.05, 4.69) is 15.2 Å². The molecule has 0 spiro atoms. The Morgan fingerprint density at radius 1 is 1.39 bits per heavy atom. The van der Waals surface area contributed by atoms with Gasteiger partial charge in [-0.1, -0.05) is 25.6 Å². The Labute approximate surface area is 143 Å². The van der Waals surface area contributed by atoms with Crippen molar-refractivity contribution >= 4 is 36.1 Å². The normalized spacial score (nSPS) is 34.8. The summed E-state index contributed by atoms with van der Waals surface area (Å²) in [5.74, 6) is -2.56. The van der Waals surface area contributed by atoms with Crippen molar-refractivity contribution in [3.05, 3.63) is 5.82 Å². The predicted octanol–water partition coefficient (Wildman–Crippen LogP) is 0.943. The minimum absolute atomic E-state index is 0. The molecule has 0 radical (unpaired) electrons. The molecule has 1 heterocycles. The van der Waals surface area contributed by atoms with Crippen molar-refractivity contribution in [2.75, 3.05) is 0 Å². The predicted molar refractivity (Wildman–Crippen MR) is 84.6 cm³/mol. The molecule has 1 aromatic rings. The number of halogens is 1. The molecule has 0 aromatic carbocycles. The highest BCUT2D eigenvalue weighted by Crippen LogP contribution is 2.65. The van der Waals surface area contributed by atoms with Gasteiger partial charge >= 0.3 is 11.9 Å². The molecule has 3 rings (SSSR count). The highest BCUT2D eigenvalue weighted by molar-refractivity contribution is 7.99. The number of nitrogens with two attached hydrogens (primary N) is 1. The van der Waals surface area contributed by atoms with E-state index in [-0.39, 0.29) is 35.9 Å². The van der Waals surface area contributed by atoms with E-state index < -0.39 is 29.3 Å². The number of thioether (sulfide) groups is 1. The van der Waals surface area contributed by atoms with Crippen LogP contribution < -0.4 is 5.73 Å². The topological polar surface area (TPSA) is 142 Å². The number of hydrogen-bond acceptors (Lipinski definition) is 6. The Hall–Kier alpha value is -1.32. The van der Waals surface area contributed by atoms with Gasteiger partial charge in [0.25, 0.3) is 0 Å². The van der Waals surface area contributed by atoms with Crippen molar-refractivity contribution in [1.29, 1.82) is 0 Å². The maximum absolute atomic E-state index is 11.5. The Morgan fingerprint density at radius 2 is 2.04 bits per heavy atom. The molecule has 5 atom stereocenters. The molecule has 0 amide bonds. The average Bonchev–Trinajstić information content (AvgIpc) is 2.90. The summed E-state index contributed by atoms with van der Waals surface area (Å²) in [6.45, 7) is 3.97. The third kappa shape index (κ3) is 2.81. The van der Waals surface area contributed by atoms with E-state index in [0.717, 1.165) is 5.82 Å². The molecular formula is C13H19ClN4O4S. The lowest BCUT2D eigenvalue weighted by Crippen LogP contribution is -2.50. The second-order valence-electron chi connectivity index (χ2n) is 6.34. The Kier molecular flexibility index (Phi) is 4.67. The Bertz CT molecular complexity index is 639. The Morgan fingerprint density at radius 3 is 2.52 bits per heavy atom. The lowest BCUT2D eigenvalue weighted by molar-refractivity contribution is -0.145. The van der Waals surface area contributed by atoms with Crippen LogP contribution in [0, 0.1) is 17.8 Å². The van der Waals surface area contributed by atoms with Gasteiger partial charge in [0.2, 0.25) is 0 Å². The van der Waals surface area contributed by atoms with Crippen molar-refractivity contribution in [1.82, 2.24) is 15.2 Å². The fourth-order valence-electron chi connectivity index (χ4n) is 3.45. The summed E-state index contributed by atoms with van der Waals surface area (Å²) in [5.41, 5.74) is 4.52. The first-order valence-electron chi connectivity index (χ1n) is 7.10. The molecule has 8 nitrogen and oxygen atoms in total. The molecule has 1 aromatic heterocycles. The first-order chi connectivity index (χ1) is 10.3. The average molecular weight is 363 g/mol. The SMILES string of the molecule is CC(C)c1nnc(S[C@H]2C[C@@](N)(C(=O)O)[C@@H]3[C@@H](C(=O)O)[C@@H]32)[nH]1.Cl. The molecule has 2 saturated carbocycles. The molecule has 2 aliphatic carbocycles. The van der Waals surface area contributed by atoms with Crippen molar-refractivity contribution < 1.29 is 19.8 Å². The van der Waals surface area contributed by atoms with E-state index in [1.807, 2.05) is 13.8 Å². The number of hydrogen-bond donors (Lipinski definition) is 4. The van der Waals surface area contributed by atoms with Gasteiger partial charge in [-0.25, -0.2) is 0 Å². The van der Waals surface area contributed by atoms with E-state index in [1.54, 1.807) is 0 Å². The lowest BCUT2D eigenvalue weighted by Gasteiger charge is -2.23. The number of carbonyl (C=O) groups is 2. The summed E-state index contributed by atoms with van der Waals surface area (Å²) in [6.07, 6.45) is 0.240. The van der Waals surface area contributed by atoms with E-state index in [4.69, 9.17) is 5.73 Å². The number of fused-ring (bicyclic) bond motifs is 1. The van der Waals surface area contributed by atoms with Crippen LogP contribution >= 0.6 is 24.2 Å². The van der Waals surface area contributed by atoms with Crippen LogP contribution in [0.5, 0.6) is 0 Å². The van der Waals surface area contributed by atoms with Crippen LogP contribution in [0.25, 0.3) is 0 Å². The van der Waals surface area contributed by atoms with Crippen molar-refractivity contribution in [2.24, 2.45) is 23.5 Å². The van der Waals surface area contributed by atoms with Crippen LogP contribution in [-0.4, -0.2) is 48.1 Å². The standard InChI is InChI=1S/C13H18N4O4S.ClH/c1-4(2)9-15-12(17-16-9)22-5-3-13(14,11(20)21)8-6(5)7(8)10(18)19;/h4-8H,3,14H2,1-2H3,(H,18,19)(H,20,21)(H,15,16,17);1H/t5-,6-,7-,8-,13-;/m0./s1. The van der Waals surface area contributed by atoms with Gasteiger partial charge in [-0.15, -0.1) is 22.6 Å². The molecule has 0 unspecified atom stereocenters. The summed E-state index contributed by atoms with van der Waals surface area (Å²) in [6, 6.07) is 0. The van der Waals surface area contributed by atoms with Crippen LogP contribution in [-0.2, 0) is 9.59 Å². The minimum atomic E-state index is -1.47. The molecule has 2 fully saturated rings. The zero-order valence-corrected chi connectivity index (χ0v) is 14.2. The summed E-state index contributed by atoms with van der Waals surface area (Å²) < 4.78 is 0. The van der Waals surface area contributed by atoms with Gasteiger partial charge in [0, 0.05) is 17.1 Å². The molecule has 23 heavy (non-hydrogen) atoms. The first kappa shape index (κ1) is 18.0. The summed E-state index contributed by atoms with van der Waals surface area (Å²) in [7, 11) is 0. The molecule has 2 aliphatic rings. The van der Waals surface area contributed by atoms with Crippen molar-refractivity contribution in [2.45, 2.75) is 42.1 Å². The van der Waals surface area contributed by atoms with Crippen LogP contribution in [0.3, 0.4) is 0 Å². The van der Waals surface area contributed by atoms with Crippen molar-refractivity contribution in [3.8, 4) is 0 Å². The smallest absolute Gasteiger partial charge is 0.324 e. The number of carboxylic acid groups (broad SMARTS) is 2. The fourth-order valence-corrected chi connectivity index (χ4v) is 4.84. The molecule has 0 saturated heterocycles. The zero-order chi connectivity index (χ0) is 16.2. The van der Waals surface area contributed by atoms with E-state index >= 15 is 0 Å². The summed E-state index contributed by atoms with van der Waals surface area (Å²) >= 11 is 1.34. The molecule has 0 bridgehead atoms. The minimum Gasteiger partial charge on any atom is -0.481 e. The maximum atomic E-state index is 11.5. The van der Waals surface area contributed by atoms with E-state index in [0.29, 0.717) is 5.16 Å². The second kappa shape index (κ2) is 5.95. The fraction of sp³-hybridized carbons (Fsp3) is 0.692. The highest BCUT2D eigenvalue weighted by Gasteiger charge is 2.74. The Balaban J connectivity index is 0.00000192. The quantitative estimate of drug-likeness (QED) is 0.606. The van der Waals surface area contributed by atoms with Gasteiger partial charge in [-0.3, -0.25) is 9.59 Å². The van der Waals surface area contributed by atoms with Gasteiger partial charge < -0.3 is 20.9 Å². The third-order valence-corrected chi connectivity index (χ3v) is 5.81. The van der Waals surface area contributed by atoms with E-state index in [1.165, 1.54) is 11.8 Å². The van der Waals surface area contributed by atoms with Crippen molar-refractivity contribution in [3.63, 3.8) is 0 Å². The zero-order valence-electron chi connectivity index (χ0n) is 12.6. The number of aliphatic carboxylic acids is 2. The van der Waals surface area contributed by atoms with Crippen LogP contribution in [0.15, 0.2) is 5.16 Å². The first-order valence-corrected chi connectivity index (χ1v) is 7.98. The van der Waals surface area contributed by atoms with Crippen LogP contribution in [0.2, 0.25) is 0 Å².